The fourth-order valence-electron chi connectivity index (χ4n) is 4.49. The van der Waals surface area contributed by atoms with Gasteiger partial charge in [0.1, 0.15) is 11.2 Å². The lowest BCUT2D eigenvalue weighted by Crippen LogP contribution is -2.65. The van der Waals surface area contributed by atoms with Gasteiger partial charge in [-0.3, -0.25) is 9.59 Å². The van der Waals surface area contributed by atoms with Gasteiger partial charge in [-0.15, -0.1) is 0 Å². The van der Waals surface area contributed by atoms with Crippen molar-refractivity contribution in [3.63, 3.8) is 0 Å². The van der Waals surface area contributed by atoms with Gasteiger partial charge in [0.15, 0.2) is 5.58 Å². The highest BCUT2D eigenvalue weighted by Gasteiger charge is 2.48. The van der Waals surface area contributed by atoms with Crippen LogP contribution < -0.4 is 5.32 Å². The zero-order valence-electron chi connectivity index (χ0n) is 15.7. The zero-order chi connectivity index (χ0) is 19.0. The lowest BCUT2D eigenvalue weighted by molar-refractivity contribution is -0.133. The van der Waals surface area contributed by atoms with Gasteiger partial charge in [-0.1, -0.05) is 25.7 Å². The van der Waals surface area contributed by atoms with Gasteiger partial charge in [0.2, 0.25) is 5.91 Å². The van der Waals surface area contributed by atoms with Crippen molar-refractivity contribution in [1.82, 2.24) is 14.8 Å². The van der Waals surface area contributed by atoms with Crippen LogP contribution in [0.15, 0.2) is 22.8 Å². The molecule has 2 aromatic heterocycles. The number of hydrogen-bond acceptors (Lipinski definition) is 4. The van der Waals surface area contributed by atoms with Crippen LogP contribution in [0.3, 0.4) is 0 Å². The number of fused-ring (bicyclic) bond motifs is 3. The van der Waals surface area contributed by atoms with Gasteiger partial charge in [0, 0.05) is 24.7 Å². The second-order valence-corrected chi connectivity index (χ2v) is 7.90. The third kappa shape index (κ3) is 3.04. The van der Waals surface area contributed by atoms with Gasteiger partial charge >= 0.3 is 0 Å². The van der Waals surface area contributed by atoms with Crippen LogP contribution >= 0.6 is 0 Å². The minimum Gasteiger partial charge on any atom is -0.463 e. The normalized spacial score (nSPS) is 24.1. The molecular weight excluding hydrogens is 346 g/mol. The van der Waals surface area contributed by atoms with Crippen molar-refractivity contribution in [2.75, 3.05) is 13.2 Å². The lowest BCUT2D eigenvalue weighted by atomic mass is 9.93. The fourth-order valence-corrected chi connectivity index (χ4v) is 4.49. The molecule has 4 rings (SSSR count). The van der Waals surface area contributed by atoms with Crippen LogP contribution in [0.25, 0.3) is 11.1 Å². The summed E-state index contributed by atoms with van der Waals surface area (Å²) in [6, 6.07) is 3.69. The average molecular weight is 373 g/mol. The topological polar surface area (TPSA) is 87.7 Å². The summed E-state index contributed by atoms with van der Waals surface area (Å²) < 4.78 is 7.30. The molecule has 0 saturated heterocycles. The third-order valence-electron chi connectivity index (χ3n) is 6.05. The Balaban J connectivity index is 1.66. The van der Waals surface area contributed by atoms with Gasteiger partial charge in [-0.2, -0.15) is 0 Å². The quantitative estimate of drug-likeness (QED) is 0.805. The fraction of sp³-hybridized carbons (Fsp3) is 0.600. The predicted octanol–water partition coefficient (Wildman–Crippen LogP) is 2.28. The summed E-state index contributed by atoms with van der Waals surface area (Å²) in [5.74, 6) is -0.396. The first-order valence-electron chi connectivity index (χ1n) is 9.85. The molecule has 0 bridgehead atoms. The van der Waals surface area contributed by atoms with Crippen molar-refractivity contribution in [3.8, 4) is 0 Å². The number of aliphatic hydroxyl groups is 1. The van der Waals surface area contributed by atoms with Gasteiger partial charge < -0.3 is 24.3 Å². The molecule has 2 N–H and O–H groups in total. The molecular formula is C20H27N3O4. The van der Waals surface area contributed by atoms with E-state index in [9.17, 15) is 14.7 Å². The second kappa shape index (κ2) is 7.03. The van der Waals surface area contributed by atoms with E-state index in [4.69, 9.17) is 4.42 Å². The van der Waals surface area contributed by atoms with Crippen molar-refractivity contribution in [2.24, 2.45) is 0 Å². The number of β-amino-alcohol motifs (C(OH)–C–C–N with tert-alkyl or cyclic N) is 1. The summed E-state index contributed by atoms with van der Waals surface area (Å²) in [7, 11) is 0. The average Bonchev–Trinajstić information content (AvgIpc) is 3.13. The number of hydrogen-bond donors (Lipinski definition) is 2. The molecule has 2 amide bonds. The number of carbonyl (C=O) groups excluding carboxylic acids is 2. The SMILES string of the molecule is CC1(C(=O)NC2CCCCCC2)Cn2c(cc3occc32)C(=O)N1CCO. The number of nitrogens with one attached hydrogen (secondary N) is 1. The zero-order valence-corrected chi connectivity index (χ0v) is 15.7. The summed E-state index contributed by atoms with van der Waals surface area (Å²) in [6.45, 7) is 2.08. The molecule has 1 unspecified atom stereocenters. The third-order valence-corrected chi connectivity index (χ3v) is 6.05. The first kappa shape index (κ1) is 18.1. The van der Waals surface area contributed by atoms with Crippen molar-refractivity contribution < 1.29 is 19.1 Å². The van der Waals surface area contributed by atoms with E-state index in [1.807, 2.05) is 10.6 Å². The van der Waals surface area contributed by atoms with Gasteiger partial charge in [0.25, 0.3) is 5.91 Å². The smallest absolute Gasteiger partial charge is 0.271 e. The Kier molecular flexibility index (Phi) is 4.72. The van der Waals surface area contributed by atoms with E-state index in [1.165, 1.54) is 17.7 Å². The maximum atomic E-state index is 13.3. The largest absolute Gasteiger partial charge is 0.463 e. The van der Waals surface area contributed by atoms with E-state index in [-0.39, 0.29) is 31.0 Å². The van der Waals surface area contributed by atoms with E-state index in [2.05, 4.69) is 5.32 Å². The molecule has 1 aliphatic carbocycles. The van der Waals surface area contributed by atoms with Crippen LogP contribution in [0.4, 0.5) is 0 Å². The number of carbonyl (C=O) groups is 2. The van der Waals surface area contributed by atoms with Crippen LogP contribution in [-0.2, 0) is 11.3 Å². The van der Waals surface area contributed by atoms with Crippen LogP contribution in [0.5, 0.6) is 0 Å². The highest BCUT2D eigenvalue weighted by molar-refractivity contribution is 6.02. The number of furan rings is 1. The first-order chi connectivity index (χ1) is 13.0. The Labute approximate surface area is 158 Å². The van der Waals surface area contributed by atoms with Crippen molar-refractivity contribution >= 4 is 22.9 Å². The number of nitrogens with zero attached hydrogens (tertiary/aromatic N) is 2. The Morgan fingerprint density at radius 3 is 2.78 bits per heavy atom. The maximum absolute atomic E-state index is 13.3. The van der Waals surface area contributed by atoms with E-state index >= 15 is 0 Å². The molecule has 0 spiro atoms. The molecule has 2 aromatic rings. The summed E-state index contributed by atoms with van der Waals surface area (Å²) in [5, 5.41) is 12.7. The standard InChI is InChI=1S/C20H27N3O4/c1-20(19(26)21-14-6-4-2-3-5-7-14)13-22-15-8-11-27-17(15)12-16(22)18(25)23(20)9-10-24/h8,11-12,14,24H,2-7,9-10,13H2,1H3,(H,21,26). The molecule has 7 heteroatoms. The molecule has 0 aromatic carbocycles. The Morgan fingerprint density at radius 1 is 1.33 bits per heavy atom. The molecule has 1 fully saturated rings. The molecule has 7 nitrogen and oxygen atoms in total. The van der Waals surface area contributed by atoms with Crippen molar-refractivity contribution in [1.29, 1.82) is 0 Å². The minimum atomic E-state index is -1.05. The summed E-state index contributed by atoms with van der Waals surface area (Å²) in [4.78, 5) is 27.9. The summed E-state index contributed by atoms with van der Waals surface area (Å²) in [6.07, 6.45) is 8.23. The Morgan fingerprint density at radius 2 is 2.07 bits per heavy atom. The van der Waals surface area contributed by atoms with Crippen LogP contribution in [0.1, 0.15) is 55.9 Å². The highest BCUT2D eigenvalue weighted by atomic mass is 16.3. The van der Waals surface area contributed by atoms with E-state index < -0.39 is 5.54 Å². The number of amides is 2. The Bertz CT molecular complexity index is 847. The second-order valence-electron chi connectivity index (χ2n) is 7.90. The van der Waals surface area contributed by atoms with Crippen LogP contribution in [0, 0.1) is 0 Å². The van der Waals surface area contributed by atoms with Gasteiger partial charge in [-0.05, 0) is 19.8 Å². The summed E-state index contributed by atoms with van der Waals surface area (Å²) >= 11 is 0. The predicted molar refractivity (Wildman–Crippen MR) is 100 cm³/mol. The van der Waals surface area contributed by atoms with Crippen molar-refractivity contribution in [3.05, 3.63) is 24.1 Å². The number of aliphatic hydroxyl groups excluding tert-OH is 1. The van der Waals surface area contributed by atoms with Crippen LogP contribution in [0.2, 0.25) is 0 Å². The van der Waals surface area contributed by atoms with E-state index in [0.29, 0.717) is 17.8 Å². The first-order valence-corrected chi connectivity index (χ1v) is 9.85. The Hall–Kier alpha value is -2.28. The number of aromatic nitrogens is 1. The van der Waals surface area contributed by atoms with Gasteiger partial charge in [-0.25, -0.2) is 0 Å². The lowest BCUT2D eigenvalue weighted by Gasteiger charge is -2.44. The molecule has 1 atom stereocenters. The minimum absolute atomic E-state index is 0.125. The van der Waals surface area contributed by atoms with E-state index in [0.717, 1.165) is 31.2 Å². The molecule has 146 valence electrons. The number of rotatable bonds is 4. The molecule has 1 aliphatic heterocycles. The molecule has 27 heavy (non-hydrogen) atoms. The summed E-state index contributed by atoms with van der Waals surface area (Å²) in [5.41, 5.74) is 0.895. The molecule has 0 radical (unpaired) electrons. The highest BCUT2D eigenvalue weighted by Crippen LogP contribution is 2.33. The van der Waals surface area contributed by atoms with Crippen LogP contribution in [-0.4, -0.2) is 51.1 Å². The van der Waals surface area contributed by atoms with E-state index in [1.54, 1.807) is 19.3 Å². The monoisotopic (exact) mass is 373 g/mol. The molecule has 1 saturated carbocycles. The molecule has 2 aliphatic rings. The van der Waals surface area contributed by atoms with Crippen molar-refractivity contribution in [2.45, 2.75) is 63.6 Å². The maximum Gasteiger partial charge on any atom is 0.271 e. The molecule has 3 heterocycles. The van der Waals surface area contributed by atoms with Gasteiger partial charge in [0.05, 0.1) is 24.9 Å².